The lowest BCUT2D eigenvalue weighted by atomic mass is 10.3. The van der Waals surface area contributed by atoms with E-state index in [1.54, 1.807) is 0 Å². The molecule has 0 aliphatic rings. The lowest BCUT2D eigenvalue weighted by Crippen LogP contribution is -2.25. The molecule has 0 atom stereocenters. The Morgan fingerprint density at radius 1 is 1.56 bits per heavy atom. The van der Waals surface area contributed by atoms with Crippen LogP contribution in [0.1, 0.15) is 6.42 Å². The Labute approximate surface area is 67.7 Å². The third-order valence-corrected chi connectivity index (χ3v) is 1.61. The molecule has 0 heterocycles. The molecule has 0 rings (SSSR count). The van der Waals surface area contributed by atoms with Gasteiger partial charge in [0.15, 0.2) is 0 Å². The lowest BCUT2D eigenvalue weighted by molar-refractivity contribution is -0.137. The summed E-state index contributed by atoms with van der Waals surface area (Å²) in [4.78, 5) is 10.1. The third-order valence-electron chi connectivity index (χ3n) is 0.721. The maximum Gasteiger partial charge on any atom is 0.340 e. The van der Waals surface area contributed by atoms with Crippen molar-refractivity contribution in [3.63, 3.8) is 0 Å². The van der Waals surface area contributed by atoms with Gasteiger partial charge in [0.2, 0.25) is 4.33 Å². The Bertz CT molecular complexity index is 112. The molecule has 2 nitrogen and oxygen atoms in total. The van der Waals surface area contributed by atoms with E-state index >= 15 is 0 Å². The highest BCUT2D eigenvalue weighted by Gasteiger charge is 2.32. The minimum absolute atomic E-state index is 0.0486. The molecule has 0 aromatic carbocycles. The first-order chi connectivity index (χ1) is 4.00. The summed E-state index contributed by atoms with van der Waals surface area (Å²) in [6.07, 6.45) is 0.0486. The van der Waals surface area contributed by atoms with Gasteiger partial charge in [-0.05, 0) is 0 Å². The van der Waals surface area contributed by atoms with E-state index in [9.17, 15) is 4.79 Å². The minimum Gasteiger partial charge on any atom is -0.479 e. The molecule has 0 radical (unpaired) electrons. The lowest BCUT2D eigenvalue weighted by Gasteiger charge is -2.10. The number of hydrogen-bond acceptors (Lipinski definition) is 1. The van der Waals surface area contributed by atoms with Gasteiger partial charge in [-0.25, -0.2) is 4.79 Å². The molecule has 0 bridgehead atoms. The molecule has 0 unspecified atom stereocenters. The van der Waals surface area contributed by atoms with Crippen molar-refractivity contribution in [3.05, 3.63) is 0 Å². The first kappa shape index (κ1) is 9.34. The number of alkyl halides is 3. The van der Waals surface area contributed by atoms with Gasteiger partial charge in [0, 0.05) is 12.3 Å². The van der Waals surface area contributed by atoms with Crippen molar-refractivity contribution in [2.45, 2.75) is 10.8 Å². The van der Waals surface area contributed by atoms with Gasteiger partial charge < -0.3 is 5.11 Å². The van der Waals surface area contributed by atoms with Crippen molar-refractivity contribution in [3.8, 4) is 0 Å². The van der Waals surface area contributed by atoms with E-state index < -0.39 is 10.3 Å². The molecule has 0 aromatic rings. The number of rotatable bonds is 3. The second kappa shape index (κ2) is 3.49. The minimum atomic E-state index is -1.72. The number of carbonyl (C=O) groups is 1. The largest absolute Gasteiger partial charge is 0.479 e. The number of hydrogen-bond donors (Lipinski definition) is 1. The molecular formula is C4H5Cl3O2. The number of halogens is 3. The molecule has 0 fully saturated rings. The molecule has 0 aliphatic heterocycles. The highest BCUT2D eigenvalue weighted by molar-refractivity contribution is 6.57. The number of aliphatic carboxylic acids is 1. The van der Waals surface area contributed by atoms with Crippen molar-refractivity contribution in [2.75, 3.05) is 5.88 Å². The molecule has 5 heteroatoms. The van der Waals surface area contributed by atoms with E-state index in [1.807, 2.05) is 0 Å². The van der Waals surface area contributed by atoms with Gasteiger partial charge in [-0.3, -0.25) is 0 Å². The summed E-state index contributed by atoms with van der Waals surface area (Å²) in [5.41, 5.74) is 0. The highest BCUT2D eigenvalue weighted by atomic mass is 35.5. The van der Waals surface area contributed by atoms with E-state index in [4.69, 9.17) is 39.9 Å². The maximum atomic E-state index is 10.1. The van der Waals surface area contributed by atoms with Gasteiger partial charge in [-0.2, -0.15) is 0 Å². The molecule has 0 spiro atoms. The van der Waals surface area contributed by atoms with Crippen LogP contribution in [0.5, 0.6) is 0 Å². The summed E-state index contributed by atoms with van der Waals surface area (Å²) < 4.78 is -1.72. The van der Waals surface area contributed by atoms with Crippen LogP contribution in [0.3, 0.4) is 0 Å². The van der Waals surface area contributed by atoms with Crippen LogP contribution in [0.2, 0.25) is 0 Å². The molecule has 54 valence electrons. The Morgan fingerprint density at radius 2 is 2.00 bits per heavy atom. The van der Waals surface area contributed by atoms with Crippen LogP contribution in [0.15, 0.2) is 0 Å². The van der Waals surface area contributed by atoms with Gasteiger partial charge in [-0.15, -0.1) is 11.6 Å². The fraction of sp³-hybridized carbons (Fsp3) is 0.750. The zero-order chi connectivity index (χ0) is 7.49. The van der Waals surface area contributed by atoms with Gasteiger partial charge in [0.25, 0.3) is 0 Å². The summed E-state index contributed by atoms with van der Waals surface area (Å²) in [7, 11) is 0. The standard InChI is InChI=1S/C4H5Cl3O2/c5-2-1-4(6,7)3(8)9/h1-2H2,(H,8,9). The van der Waals surface area contributed by atoms with Crippen molar-refractivity contribution in [2.24, 2.45) is 0 Å². The van der Waals surface area contributed by atoms with Crippen LogP contribution < -0.4 is 0 Å². The Hall–Kier alpha value is 0.340. The third kappa shape index (κ3) is 3.14. The predicted molar refractivity (Wildman–Crippen MR) is 37.4 cm³/mol. The molecule has 0 saturated heterocycles. The van der Waals surface area contributed by atoms with Gasteiger partial charge >= 0.3 is 5.97 Å². The summed E-state index contributed by atoms with van der Waals surface area (Å²) in [5.74, 6) is -1.12. The van der Waals surface area contributed by atoms with E-state index in [0.29, 0.717) is 0 Å². The van der Waals surface area contributed by atoms with Crippen molar-refractivity contribution >= 4 is 40.8 Å². The Kier molecular flexibility index (Phi) is 3.63. The molecular weight excluding hydrogens is 186 g/mol. The topological polar surface area (TPSA) is 37.3 Å². The highest BCUT2D eigenvalue weighted by Crippen LogP contribution is 2.25. The Morgan fingerprint density at radius 3 is 2.11 bits per heavy atom. The second-order valence-corrected chi connectivity index (χ2v) is 3.31. The Balaban J connectivity index is 3.85. The van der Waals surface area contributed by atoms with Crippen molar-refractivity contribution < 1.29 is 9.90 Å². The quantitative estimate of drug-likeness (QED) is 0.692. The smallest absolute Gasteiger partial charge is 0.340 e. The number of carboxylic acids is 1. The monoisotopic (exact) mass is 190 g/mol. The first-order valence-electron chi connectivity index (χ1n) is 2.18. The maximum absolute atomic E-state index is 10.1. The zero-order valence-corrected chi connectivity index (χ0v) is 6.67. The normalized spacial score (nSPS) is 11.4. The fourth-order valence-corrected chi connectivity index (χ4v) is 0.892. The SMILES string of the molecule is O=C(O)C(Cl)(Cl)CCCl. The fourth-order valence-electron chi connectivity index (χ4n) is 0.226. The van der Waals surface area contributed by atoms with Crippen LogP contribution in [0.25, 0.3) is 0 Å². The first-order valence-corrected chi connectivity index (χ1v) is 3.47. The summed E-state index contributed by atoms with van der Waals surface area (Å²) in [5, 5.41) is 8.25. The van der Waals surface area contributed by atoms with E-state index in [0.717, 1.165) is 0 Å². The van der Waals surface area contributed by atoms with Crippen LogP contribution in [0.4, 0.5) is 0 Å². The summed E-state index contributed by atoms with van der Waals surface area (Å²) in [6.45, 7) is 0. The van der Waals surface area contributed by atoms with Crippen LogP contribution in [0, 0.1) is 0 Å². The van der Waals surface area contributed by atoms with Crippen molar-refractivity contribution in [1.29, 1.82) is 0 Å². The van der Waals surface area contributed by atoms with Crippen molar-refractivity contribution in [1.82, 2.24) is 0 Å². The number of carboxylic acid groups (broad SMARTS) is 1. The molecule has 0 saturated carbocycles. The molecule has 0 aromatic heterocycles. The van der Waals surface area contributed by atoms with E-state index in [-0.39, 0.29) is 12.3 Å². The molecule has 1 N–H and O–H groups in total. The van der Waals surface area contributed by atoms with Crippen LogP contribution in [-0.4, -0.2) is 21.3 Å². The van der Waals surface area contributed by atoms with Crippen LogP contribution in [-0.2, 0) is 4.79 Å². The zero-order valence-electron chi connectivity index (χ0n) is 4.40. The van der Waals surface area contributed by atoms with Gasteiger partial charge in [0.1, 0.15) is 0 Å². The summed E-state index contributed by atoms with van der Waals surface area (Å²) in [6, 6.07) is 0. The van der Waals surface area contributed by atoms with E-state index in [2.05, 4.69) is 0 Å². The molecule has 0 aliphatic carbocycles. The van der Waals surface area contributed by atoms with E-state index in [1.165, 1.54) is 0 Å². The molecule has 9 heavy (non-hydrogen) atoms. The van der Waals surface area contributed by atoms with Gasteiger partial charge in [0.05, 0.1) is 0 Å². The average Bonchev–Trinajstić information content (AvgIpc) is 1.65. The average molecular weight is 191 g/mol. The second-order valence-electron chi connectivity index (χ2n) is 1.45. The van der Waals surface area contributed by atoms with Gasteiger partial charge in [-0.1, -0.05) is 23.2 Å². The summed E-state index contributed by atoms with van der Waals surface area (Å²) >= 11 is 15.7. The predicted octanol–water partition coefficient (Wildman–Crippen LogP) is 1.87. The van der Waals surface area contributed by atoms with Crippen LogP contribution >= 0.6 is 34.8 Å². The molecule has 0 amide bonds.